The van der Waals surface area contributed by atoms with Crippen molar-refractivity contribution in [2.24, 2.45) is 0 Å². The highest BCUT2D eigenvalue weighted by atomic mass is 35.5. The zero-order valence-corrected chi connectivity index (χ0v) is 27.9. The second-order valence-electron chi connectivity index (χ2n) is 11.6. The van der Waals surface area contributed by atoms with Gasteiger partial charge in [-0.1, -0.05) is 83.9 Å². The van der Waals surface area contributed by atoms with E-state index in [0.717, 1.165) is 32.1 Å². The van der Waals surface area contributed by atoms with Gasteiger partial charge in [0.25, 0.3) is 10.0 Å². The molecule has 1 unspecified atom stereocenters. The molecule has 0 aliphatic heterocycles. The van der Waals surface area contributed by atoms with Crippen LogP contribution in [0.5, 0.6) is 0 Å². The summed E-state index contributed by atoms with van der Waals surface area (Å²) in [6, 6.07) is 27.4. The topological polar surface area (TPSA) is 86.8 Å². The predicted molar refractivity (Wildman–Crippen MR) is 181 cm³/mol. The monoisotopic (exact) mass is 645 g/mol. The van der Waals surface area contributed by atoms with Crippen LogP contribution in [-0.4, -0.2) is 43.8 Å². The van der Waals surface area contributed by atoms with Gasteiger partial charge in [0.15, 0.2) is 0 Å². The average Bonchev–Trinajstić information content (AvgIpc) is 3.00. The van der Waals surface area contributed by atoms with Crippen LogP contribution >= 0.6 is 11.6 Å². The summed E-state index contributed by atoms with van der Waals surface area (Å²) in [5.74, 6) is -0.836. The first-order valence-electron chi connectivity index (χ1n) is 14.9. The van der Waals surface area contributed by atoms with Crippen LogP contribution in [0.3, 0.4) is 0 Å². The summed E-state index contributed by atoms with van der Waals surface area (Å²) in [6.07, 6.45) is 0.243. The van der Waals surface area contributed by atoms with Crippen molar-refractivity contribution < 1.29 is 18.0 Å². The van der Waals surface area contributed by atoms with Gasteiger partial charge >= 0.3 is 0 Å². The van der Waals surface area contributed by atoms with E-state index in [9.17, 15) is 18.0 Å². The smallest absolute Gasteiger partial charge is 0.264 e. The van der Waals surface area contributed by atoms with Gasteiger partial charge in [0, 0.05) is 24.0 Å². The lowest BCUT2D eigenvalue weighted by Gasteiger charge is -2.34. The molecule has 0 saturated carbocycles. The van der Waals surface area contributed by atoms with Crippen molar-refractivity contribution in [3.05, 3.63) is 130 Å². The summed E-state index contributed by atoms with van der Waals surface area (Å²) in [7, 11) is -4.17. The highest BCUT2D eigenvalue weighted by molar-refractivity contribution is 7.92. The Kier molecular flexibility index (Phi) is 11.1. The molecule has 0 heterocycles. The third-order valence-corrected chi connectivity index (χ3v) is 9.73. The van der Waals surface area contributed by atoms with Crippen molar-refractivity contribution >= 4 is 39.1 Å². The lowest BCUT2D eigenvalue weighted by atomic mass is 10.0. The van der Waals surface area contributed by atoms with Crippen LogP contribution in [0.25, 0.3) is 0 Å². The molecular formula is C36H40ClN3O4S. The van der Waals surface area contributed by atoms with Gasteiger partial charge in [-0.05, 0) is 87.2 Å². The zero-order chi connectivity index (χ0) is 32.7. The largest absolute Gasteiger partial charge is 0.352 e. The Morgan fingerprint density at radius 3 is 2.07 bits per heavy atom. The third kappa shape index (κ3) is 8.53. The minimum atomic E-state index is -4.17. The van der Waals surface area contributed by atoms with Crippen LogP contribution in [0.2, 0.25) is 5.02 Å². The maximum atomic E-state index is 14.6. The summed E-state index contributed by atoms with van der Waals surface area (Å²) >= 11 is 6.15. The van der Waals surface area contributed by atoms with E-state index >= 15 is 0 Å². The van der Waals surface area contributed by atoms with Gasteiger partial charge in [-0.15, -0.1) is 0 Å². The van der Waals surface area contributed by atoms with Crippen LogP contribution in [0.15, 0.2) is 102 Å². The van der Waals surface area contributed by atoms with Crippen LogP contribution in [0, 0.1) is 20.8 Å². The van der Waals surface area contributed by atoms with Gasteiger partial charge in [0.1, 0.15) is 12.6 Å². The van der Waals surface area contributed by atoms with Gasteiger partial charge in [0.2, 0.25) is 11.8 Å². The van der Waals surface area contributed by atoms with E-state index in [1.807, 2.05) is 71.0 Å². The molecule has 1 atom stereocenters. The van der Waals surface area contributed by atoms with E-state index in [0.29, 0.717) is 10.7 Å². The molecule has 7 nitrogen and oxygen atoms in total. The number of hydrogen-bond acceptors (Lipinski definition) is 4. The first-order chi connectivity index (χ1) is 21.4. The van der Waals surface area contributed by atoms with Crippen LogP contribution in [0.4, 0.5) is 5.69 Å². The average molecular weight is 646 g/mol. The van der Waals surface area contributed by atoms with Crippen molar-refractivity contribution in [2.45, 2.75) is 64.6 Å². The molecule has 0 aliphatic carbocycles. The maximum Gasteiger partial charge on any atom is 0.264 e. The number of sulfonamides is 1. The number of amides is 2. The first-order valence-corrected chi connectivity index (χ1v) is 16.7. The van der Waals surface area contributed by atoms with Crippen LogP contribution < -0.4 is 9.62 Å². The summed E-state index contributed by atoms with van der Waals surface area (Å²) in [4.78, 5) is 29.9. The zero-order valence-electron chi connectivity index (χ0n) is 26.3. The molecule has 236 valence electrons. The van der Waals surface area contributed by atoms with Crippen LogP contribution in [-0.2, 0) is 32.6 Å². The summed E-state index contributed by atoms with van der Waals surface area (Å²) in [5.41, 5.74) is 4.57. The van der Waals surface area contributed by atoms with E-state index in [4.69, 9.17) is 11.6 Å². The number of benzene rings is 4. The Bertz CT molecular complexity index is 1720. The summed E-state index contributed by atoms with van der Waals surface area (Å²) < 4.78 is 29.7. The number of aryl methyl sites for hydroxylation is 2. The SMILES string of the molecule is Cc1ccc(S(=O)(=O)N(CC(=O)N(Cc2ccc(Cl)cc2)C(Cc2ccccc2)C(=O)NC(C)C)c2cccc(C)c2C)cc1. The van der Waals surface area contributed by atoms with Crippen molar-refractivity contribution in [3.8, 4) is 0 Å². The quantitative estimate of drug-likeness (QED) is 0.188. The van der Waals surface area contributed by atoms with Gasteiger partial charge in [0.05, 0.1) is 10.6 Å². The number of rotatable bonds is 12. The number of halogens is 1. The Morgan fingerprint density at radius 1 is 0.800 bits per heavy atom. The van der Waals surface area contributed by atoms with E-state index in [2.05, 4.69) is 5.32 Å². The van der Waals surface area contributed by atoms with Gasteiger partial charge < -0.3 is 10.2 Å². The Labute approximate surface area is 271 Å². The standard InChI is InChI=1S/C36H40ClN3O4S/c1-25(2)38-36(42)34(22-29-11-7-6-8-12-29)39(23-30-16-18-31(37)19-17-30)35(41)24-40(33-13-9-10-27(4)28(33)5)45(43,44)32-20-14-26(3)15-21-32/h6-21,25,34H,22-24H2,1-5H3,(H,38,42). The maximum absolute atomic E-state index is 14.6. The lowest BCUT2D eigenvalue weighted by Crippen LogP contribution is -2.54. The summed E-state index contributed by atoms with van der Waals surface area (Å²) in [5, 5.41) is 3.51. The van der Waals surface area contributed by atoms with Gasteiger partial charge in [-0.2, -0.15) is 0 Å². The fourth-order valence-electron chi connectivity index (χ4n) is 5.08. The molecule has 1 N–H and O–H groups in total. The molecule has 0 saturated heterocycles. The number of carbonyl (C=O) groups is 2. The number of hydrogen-bond donors (Lipinski definition) is 1. The molecule has 0 aliphatic rings. The molecule has 4 aromatic carbocycles. The van der Waals surface area contributed by atoms with Crippen molar-refractivity contribution in [2.75, 3.05) is 10.8 Å². The normalized spacial score (nSPS) is 12.1. The van der Waals surface area contributed by atoms with Gasteiger partial charge in [-0.3, -0.25) is 13.9 Å². The van der Waals surface area contributed by atoms with E-state index in [1.165, 1.54) is 4.90 Å². The molecule has 0 aromatic heterocycles. The second-order valence-corrected chi connectivity index (χ2v) is 13.9. The Balaban J connectivity index is 1.83. The first kappa shape index (κ1) is 33.7. The highest BCUT2D eigenvalue weighted by Gasteiger charge is 2.35. The minimum absolute atomic E-state index is 0.0736. The second kappa shape index (κ2) is 14.8. The molecular weight excluding hydrogens is 606 g/mol. The fraction of sp³-hybridized carbons (Fsp3) is 0.278. The van der Waals surface area contributed by atoms with E-state index < -0.39 is 28.5 Å². The lowest BCUT2D eigenvalue weighted by molar-refractivity contribution is -0.140. The predicted octanol–water partition coefficient (Wildman–Crippen LogP) is 6.63. The van der Waals surface area contributed by atoms with E-state index in [1.54, 1.807) is 60.7 Å². The van der Waals surface area contributed by atoms with E-state index in [-0.39, 0.29) is 29.8 Å². The van der Waals surface area contributed by atoms with Gasteiger partial charge in [-0.25, -0.2) is 8.42 Å². The molecule has 0 spiro atoms. The molecule has 0 radical (unpaired) electrons. The van der Waals surface area contributed by atoms with Crippen molar-refractivity contribution in [1.82, 2.24) is 10.2 Å². The molecule has 4 aromatic rings. The number of anilines is 1. The molecule has 45 heavy (non-hydrogen) atoms. The Hall–Kier alpha value is -4.14. The third-order valence-electron chi connectivity index (χ3n) is 7.70. The number of nitrogens with one attached hydrogen (secondary N) is 1. The van der Waals surface area contributed by atoms with Crippen molar-refractivity contribution in [1.29, 1.82) is 0 Å². The summed E-state index contributed by atoms with van der Waals surface area (Å²) in [6.45, 7) is 8.91. The minimum Gasteiger partial charge on any atom is -0.352 e. The highest BCUT2D eigenvalue weighted by Crippen LogP contribution is 2.29. The Morgan fingerprint density at radius 2 is 1.44 bits per heavy atom. The van der Waals surface area contributed by atoms with Crippen molar-refractivity contribution in [3.63, 3.8) is 0 Å². The molecule has 4 rings (SSSR count). The number of carbonyl (C=O) groups excluding carboxylic acids is 2. The van der Waals surface area contributed by atoms with Crippen LogP contribution in [0.1, 0.15) is 41.7 Å². The molecule has 9 heteroatoms. The number of nitrogens with zero attached hydrogens (tertiary/aromatic N) is 2. The molecule has 0 bridgehead atoms. The fourth-order valence-corrected chi connectivity index (χ4v) is 6.68. The molecule has 2 amide bonds. The molecule has 0 fully saturated rings.